The molecule has 0 saturated carbocycles. The molecule has 1 aliphatic heterocycles. The van der Waals surface area contributed by atoms with E-state index in [1.807, 2.05) is 17.5 Å². The number of allylic oxidation sites excluding steroid dienone is 2. The average Bonchev–Trinajstić information content (AvgIpc) is 3.31. The van der Waals surface area contributed by atoms with Crippen molar-refractivity contribution in [1.29, 1.82) is 0 Å². The number of rotatable bonds is 2. The Morgan fingerprint density at radius 1 is 1.23 bits per heavy atom. The highest BCUT2D eigenvalue weighted by Gasteiger charge is 2.39. The molecule has 1 aromatic carbocycles. The van der Waals surface area contributed by atoms with Gasteiger partial charge in [-0.2, -0.15) is 10.1 Å². The standard InChI is InChI=1S/C19H16N4O2S/c24-13-4-1-3-11(7-13)18-17-14(22-19-20-10-21-23(18)19)8-12(9-15(17)25)16-5-2-6-26-16/h1-7,10,12,18,24H,8-9H2,(H,20,21,22)/t12-,18+/m0/s1. The first-order valence-corrected chi connectivity index (χ1v) is 9.34. The van der Waals surface area contributed by atoms with Crippen molar-refractivity contribution in [1.82, 2.24) is 14.8 Å². The van der Waals surface area contributed by atoms with Gasteiger partial charge in [-0.1, -0.05) is 18.2 Å². The Labute approximate surface area is 153 Å². The maximum Gasteiger partial charge on any atom is 0.226 e. The Morgan fingerprint density at radius 3 is 2.96 bits per heavy atom. The Balaban J connectivity index is 1.63. The first kappa shape index (κ1) is 15.3. The number of aromatic hydroxyl groups is 1. The summed E-state index contributed by atoms with van der Waals surface area (Å²) >= 11 is 1.69. The number of anilines is 1. The van der Waals surface area contributed by atoms with Gasteiger partial charge in [-0.05, 0) is 35.6 Å². The van der Waals surface area contributed by atoms with Crippen molar-refractivity contribution in [2.24, 2.45) is 0 Å². The van der Waals surface area contributed by atoms with Crippen LogP contribution in [0.1, 0.15) is 35.2 Å². The molecule has 2 atom stereocenters. The summed E-state index contributed by atoms with van der Waals surface area (Å²) in [5.41, 5.74) is 2.46. The van der Waals surface area contributed by atoms with E-state index >= 15 is 0 Å². The van der Waals surface area contributed by atoms with Gasteiger partial charge < -0.3 is 10.4 Å². The van der Waals surface area contributed by atoms with Gasteiger partial charge in [-0.25, -0.2) is 4.68 Å². The van der Waals surface area contributed by atoms with Crippen LogP contribution in [0.15, 0.2) is 59.4 Å². The zero-order valence-electron chi connectivity index (χ0n) is 13.8. The number of hydrogen-bond donors (Lipinski definition) is 2. The third-order valence-corrected chi connectivity index (χ3v) is 6.03. The van der Waals surface area contributed by atoms with Crippen LogP contribution in [0.3, 0.4) is 0 Å². The molecule has 2 aromatic heterocycles. The predicted octanol–water partition coefficient (Wildman–Crippen LogP) is 3.46. The number of Topliss-reactive ketones (excluding diaryl/α,β-unsaturated/α-hetero) is 1. The van der Waals surface area contributed by atoms with Gasteiger partial charge in [0.2, 0.25) is 5.95 Å². The van der Waals surface area contributed by atoms with Crippen molar-refractivity contribution >= 4 is 23.1 Å². The second-order valence-electron chi connectivity index (χ2n) is 6.59. The summed E-state index contributed by atoms with van der Waals surface area (Å²) in [6, 6.07) is 10.7. The first-order chi connectivity index (χ1) is 12.7. The molecule has 0 saturated heterocycles. The van der Waals surface area contributed by atoms with Crippen LogP contribution >= 0.6 is 11.3 Å². The number of thiophene rings is 1. The second kappa shape index (κ2) is 5.81. The second-order valence-corrected chi connectivity index (χ2v) is 7.57. The lowest BCUT2D eigenvalue weighted by Gasteiger charge is -2.34. The Hall–Kier alpha value is -2.93. The lowest BCUT2D eigenvalue weighted by atomic mass is 9.80. The average molecular weight is 364 g/mol. The normalized spacial score (nSPS) is 21.9. The first-order valence-electron chi connectivity index (χ1n) is 8.46. The summed E-state index contributed by atoms with van der Waals surface area (Å²) in [6.07, 6.45) is 2.74. The van der Waals surface area contributed by atoms with Crippen LogP contribution in [-0.2, 0) is 4.79 Å². The molecule has 2 aliphatic rings. The number of ketones is 1. The highest BCUT2D eigenvalue weighted by Crippen LogP contribution is 2.44. The molecule has 2 N–H and O–H groups in total. The number of hydrogen-bond acceptors (Lipinski definition) is 6. The number of carbonyl (C=O) groups excluding carboxylic acids is 1. The van der Waals surface area contributed by atoms with Crippen molar-refractivity contribution in [3.8, 4) is 5.75 Å². The summed E-state index contributed by atoms with van der Waals surface area (Å²) in [5, 5.41) is 19.6. The van der Waals surface area contributed by atoms with Gasteiger partial charge in [0.05, 0.1) is 0 Å². The molecule has 6 nitrogen and oxygen atoms in total. The summed E-state index contributed by atoms with van der Waals surface area (Å²) in [5.74, 6) is 1.10. The Bertz CT molecular complexity index is 1020. The fourth-order valence-electron chi connectivity index (χ4n) is 3.88. The molecule has 0 fully saturated rings. The van der Waals surface area contributed by atoms with E-state index in [0.29, 0.717) is 12.4 Å². The van der Waals surface area contributed by atoms with Crippen LogP contribution in [0, 0.1) is 0 Å². The molecule has 0 bridgehead atoms. The molecule has 0 spiro atoms. The SMILES string of the molecule is O=C1C[C@@H](c2cccs2)CC2=C1[C@@H](c1cccc(O)c1)n1ncnc1N2. The number of fused-ring (bicyclic) bond motifs is 1. The molecule has 0 radical (unpaired) electrons. The molecule has 7 heteroatoms. The molecule has 1 aliphatic carbocycles. The minimum Gasteiger partial charge on any atom is -0.508 e. The molecule has 130 valence electrons. The van der Waals surface area contributed by atoms with Crippen molar-refractivity contribution in [3.63, 3.8) is 0 Å². The van der Waals surface area contributed by atoms with Gasteiger partial charge in [-0.3, -0.25) is 4.79 Å². The summed E-state index contributed by atoms with van der Waals surface area (Å²) < 4.78 is 1.72. The van der Waals surface area contributed by atoms with Crippen LogP contribution in [0.5, 0.6) is 5.75 Å². The monoisotopic (exact) mass is 364 g/mol. The molecule has 0 amide bonds. The molecule has 3 heterocycles. The maximum absolute atomic E-state index is 13.1. The minimum absolute atomic E-state index is 0.117. The van der Waals surface area contributed by atoms with E-state index in [-0.39, 0.29) is 23.5 Å². The predicted molar refractivity (Wildman–Crippen MR) is 98.2 cm³/mol. The number of aromatic nitrogens is 3. The highest BCUT2D eigenvalue weighted by atomic mass is 32.1. The van der Waals surface area contributed by atoms with E-state index in [2.05, 4.69) is 21.5 Å². The fraction of sp³-hybridized carbons (Fsp3) is 0.211. The van der Waals surface area contributed by atoms with Crippen LogP contribution in [0.25, 0.3) is 0 Å². The van der Waals surface area contributed by atoms with Gasteiger partial charge >= 0.3 is 0 Å². The van der Waals surface area contributed by atoms with E-state index in [4.69, 9.17) is 0 Å². The summed E-state index contributed by atoms with van der Waals surface area (Å²) in [7, 11) is 0. The van der Waals surface area contributed by atoms with Gasteiger partial charge in [0, 0.05) is 28.5 Å². The van der Waals surface area contributed by atoms with Crippen LogP contribution in [0.2, 0.25) is 0 Å². The van der Waals surface area contributed by atoms with E-state index < -0.39 is 0 Å². The van der Waals surface area contributed by atoms with E-state index in [1.54, 1.807) is 34.2 Å². The largest absolute Gasteiger partial charge is 0.508 e. The van der Waals surface area contributed by atoms with Crippen molar-refractivity contribution in [2.75, 3.05) is 5.32 Å². The fourth-order valence-corrected chi connectivity index (χ4v) is 4.71. The Morgan fingerprint density at radius 2 is 2.15 bits per heavy atom. The third-order valence-electron chi connectivity index (χ3n) is 4.99. The number of carbonyl (C=O) groups is 1. The molecule has 5 rings (SSSR count). The molecular weight excluding hydrogens is 348 g/mol. The number of phenols is 1. The molecule has 3 aromatic rings. The molecular formula is C19H16N4O2S. The Kier molecular flexibility index (Phi) is 3.43. The van der Waals surface area contributed by atoms with Crippen LogP contribution in [0.4, 0.5) is 5.95 Å². The number of benzene rings is 1. The number of nitrogens with zero attached hydrogens (tertiary/aromatic N) is 3. The minimum atomic E-state index is -0.368. The third kappa shape index (κ3) is 2.35. The van der Waals surface area contributed by atoms with Gasteiger partial charge in [-0.15, -0.1) is 11.3 Å². The van der Waals surface area contributed by atoms with Crippen LogP contribution in [-0.4, -0.2) is 25.7 Å². The van der Waals surface area contributed by atoms with E-state index in [0.717, 1.165) is 23.3 Å². The lowest BCUT2D eigenvalue weighted by Crippen LogP contribution is -2.33. The van der Waals surface area contributed by atoms with Crippen LogP contribution < -0.4 is 5.32 Å². The summed E-state index contributed by atoms with van der Waals surface area (Å²) in [6.45, 7) is 0. The van der Waals surface area contributed by atoms with E-state index in [1.165, 1.54) is 11.2 Å². The van der Waals surface area contributed by atoms with Crippen molar-refractivity contribution in [3.05, 3.63) is 69.8 Å². The maximum atomic E-state index is 13.1. The molecule has 26 heavy (non-hydrogen) atoms. The topological polar surface area (TPSA) is 80.0 Å². The smallest absolute Gasteiger partial charge is 0.226 e. The lowest BCUT2D eigenvalue weighted by molar-refractivity contribution is -0.116. The van der Waals surface area contributed by atoms with Crippen molar-refractivity contribution in [2.45, 2.75) is 24.8 Å². The van der Waals surface area contributed by atoms with E-state index in [9.17, 15) is 9.90 Å². The zero-order chi connectivity index (χ0) is 17.7. The van der Waals surface area contributed by atoms with Gasteiger partial charge in [0.25, 0.3) is 0 Å². The number of phenolic OH excluding ortho intramolecular Hbond substituents is 1. The van der Waals surface area contributed by atoms with Gasteiger partial charge in [0.15, 0.2) is 5.78 Å². The number of nitrogens with one attached hydrogen (secondary N) is 1. The quantitative estimate of drug-likeness (QED) is 0.728. The highest BCUT2D eigenvalue weighted by molar-refractivity contribution is 7.10. The molecule has 0 unspecified atom stereocenters. The van der Waals surface area contributed by atoms with Gasteiger partial charge in [0.1, 0.15) is 18.1 Å². The zero-order valence-corrected chi connectivity index (χ0v) is 14.6. The summed E-state index contributed by atoms with van der Waals surface area (Å²) in [4.78, 5) is 18.6. The van der Waals surface area contributed by atoms with Crippen molar-refractivity contribution < 1.29 is 9.90 Å².